The summed E-state index contributed by atoms with van der Waals surface area (Å²) < 4.78 is 59.1. The van der Waals surface area contributed by atoms with Crippen LogP contribution in [0.2, 0.25) is 0 Å². The lowest BCUT2D eigenvalue weighted by molar-refractivity contribution is 0.481. The van der Waals surface area contributed by atoms with Gasteiger partial charge in [0.1, 0.15) is 0 Å². The molecule has 0 aliphatic carbocycles. The van der Waals surface area contributed by atoms with Gasteiger partial charge in [-0.3, -0.25) is 9.11 Å². The molecule has 10 nitrogen and oxygen atoms in total. The van der Waals surface area contributed by atoms with Crippen molar-refractivity contribution >= 4 is 20.2 Å². The number of aryl methyl sites for hydroxylation is 2. The van der Waals surface area contributed by atoms with Crippen LogP contribution < -0.4 is 0 Å². The van der Waals surface area contributed by atoms with Gasteiger partial charge in [0.05, 0.1) is 15.9 Å². The summed E-state index contributed by atoms with van der Waals surface area (Å²) >= 11 is 0. The van der Waals surface area contributed by atoms with Gasteiger partial charge in [0.15, 0.2) is 0 Å². The van der Waals surface area contributed by atoms with E-state index in [1.807, 2.05) is 26.8 Å². The second-order valence-electron chi connectivity index (χ2n) is 5.09. The SMILES string of the molecule is CCC#N.Cc1ccc(S(=O)(=O)O)cc1.Cc1ccc(S(=O)(=O)O)cc1.O.O.O. The molecule has 0 fully saturated rings. The van der Waals surface area contributed by atoms with Gasteiger partial charge in [-0.15, -0.1) is 0 Å². The van der Waals surface area contributed by atoms with E-state index in [0.717, 1.165) is 11.1 Å². The van der Waals surface area contributed by atoms with Crippen LogP contribution in [0.25, 0.3) is 0 Å². The third-order valence-corrected chi connectivity index (χ3v) is 4.53. The smallest absolute Gasteiger partial charge is 0.294 e. The molecule has 2 rings (SSSR count). The molecule has 2 aromatic rings. The summed E-state index contributed by atoms with van der Waals surface area (Å²) in [6, 6.07) is 13.9. The second-order valence-corrected chi connectivity index (χ2v) is 7.93. The quantitative estimate of drug-likeness (QED) is 0.624. The van der Waals surface area contributed by atoms with Crippen molar-refractivity contribution in [1.29, 1.82) is 5.26 Å². The van der Waals surface area contributed by atoms with E-state index in [1.54, 1.807) is 24.3 Å². The normalized spacial score (nSPS) is 9.38. The van der Waals surface area contributed by atoms with E-state index in [2.05, 4.69) is 0 Å². The zero-order valence-electron chi connectivity index (χ0n) is 16.1. The standard InChI is InChI=1S/2C7H8O3S.C3H5N.3H2O/c2*1-6-2-4-7(5-3-6)11(8,9)10;1-2-3-4;;;/h2*2-5H,1H3,(H,8,9,10);2H2,1H3;3*1H2. The van der Waals surface area contributed by atoms with Gasteiger partial charge >= 0.3 is 0 Å². The van der Waals surface area contributed by atoms with Gasteiger partial charge in [0.2, 0.25) is 0 Å². The van der Waals surface area contributed by atoms with Crippen LogP contribution in [-0.4, -0.2) is 42.4 Å². The number of nitriles is 1. The summed E-state index contributed by atoms with van der Waals surface area (Å²) in [6.07, 6.45) is 0.625. The van der Waals surface area contributed by atoms with E-state index in [4.69, 9.17) is 14.4 Å². The third-order valence-electron chi connectivity index (χ3n) is 2.80. The van der Waals surface area contributed by atoms with Crippen molar-refractivity contribution in [2.24, 2.45) is 0 Å². The van der Waals surface area contributed by atoms with Crippen molar-refractivity contribution in [3.8, 4) is 6.07 Å². The predicted molar refractivity (Wildman–Crippen MR) is 109 cm³/mol. The lowest BCUT2D eigenvalue weighted by atomic mass is 10.2. The van der Waals surface area contributed by atoms with Crippen molar-refractivity contribution in [1.82, 2.24) is 0 Å². The fourth-order valence-electron chi connectivity index (χ4n) is 1.42. The Balaban J connectivity index is -0.000000168. The highest BCUT2D eigenvalue weighted by atomic mass is 32.2. The van der Waals surface area contributed by atoms with Crippen molar-refractivity contribution in [3.63, 3.8) is 0 Å². The minimum atomic E-state index is -4.02. The minimum Gasteiger partial charge on any atom is -0.412 e. The Bertz CT molecular complexity index is 858. The Morgan fingerprint density at radius 3 is 1.07 bits per heavy atom. The van der Waals surface area contributed by atoms with Crippen LogP contribution in [0.4, 0.5) is 0 Å². The summed E-state index contributed by atoms with van der Waals surface area (Å²) in [5, 5.41) is 7.62. The number of hydrogen-bond acceptors (Lipinski definition) is 5. The molecular weight excluding hydrogens is 426 g/mol. The summed E-state index contributed by atoms with van der Waals surface area (Å²) in [4.78, 5) is -0.133. The molecule has 0 saturated carbocycles. The highest BCUT2D eigenvalue weighted by Crippen LogP contribution is 2.09. The number of nitrogens with zero attached hydrogens (tertiary/aromatic N) is 1. The molecule has 0 saturated heterocycles. The zero-order chi connectivity index (χ0) is 20.4. The molecule has 0 atom stereocenters. The minimum absolute atomic E-state index is 0. The first-order chi connectivity index (χ1) is 11.9. The maximum atomic E-state index is 10.5. The molecule has 0 amide bonds. The molecule has 0 aliphatic rings. The van der Waals surface area contributed by atoms with Crippen molar-refractivity contribution in [3.05, 3.63) is 59.7 Å². The van der Waals surface area contributed by atoms with Crippen LogP contribution in [-0.2, 0) is 20.2 Å². The monoisotopic (exact) mass is 453 g/mol. The zero-order valence-corrected chi connectivity index (χ0v) is 17.8. The van der Waals surface area contributed by atoms with Gasteiger partial charge in [-0.2, -0.15) is 22.1 Å². The first-order valence-electron chi connectivity index (χ1n) is 7.37. The molecule has 0 aromatic heterocycles. The average Bonchev–Trinajstić information content (AvgIpc) is 2.55. The summed E-state index contributed by atoms with van der Waals surface area (Å²) in [5.41, 5.74) is 1.91. The highest BCUT2D eigenvalue weighted by molar-refractivity contribution is 7.86. The predicted octanol–water partition coefficient (Wildman–Crippen LogP) is 0.929. The van der Waals surface area contributed by atoms with Crippen LogP contribution >= 0.6 is 0 Å². The number of hydrogen-bond donors (Lipinski definition) is 2. The molecule has 0 heterocycles. The Morgan fingerprint density at radius 2 is 0.931 bits per heavy atom. The molecule has 0 radical (unpaired) electrons. The van der Waals surface area contributed by atoms with Crippen molar-refractivity contribution < 1.29 is 42.4 Å². The van der Waals surface area contributed by atoms with E-state index >= 15 is 0 Å². The fraction of sp³-hybridized carbons (Fsp3) is 0.235. The summed E-state index contributed by atoms with van der Waals surface area (Å²) in [7, 11) is -8.04. The molecule has 166 valence electrons. The Hall–Kier alpha value is -2.37. The largest absolute Gasteiger partial charge is 0.412 e. The van der Waals surface area contributed by atoms with Crippen molar-refractivity contribution in [2.75, 3.05) is 0 Å². The maximum Gasteiger partial charge on any atom is 0.294 e. The van der Waals surface area contributed by atoms with E-state index in [-0.39, 0.29) is 26.2 Å². The van der Waals surface area contributed by atoms with Crippen LogP contribution in [0, 0.1) is 25.2 Å². The lowest BCUT2D eigenvalue weighted by Gasteiger charge is -1.95. The molecule has 12 heteroatoms. The summed E-state index contributed by atoms with van der Waals surface area (Å²) in [5.74, 6) is 0. The van der Waals surface area contributed by atoms with E-state index in [9.17, 15) is 16.8 Å². The molecule has 8 N–H and O–H groups in total. The Labute approximate surface area is 170 Å². The number of benzene rings is 2. The van der Waals surface area contributed by atoms with Gasteiger partial charge in [-0.1, -0.05) is 42.3 Å². The first-order valence-corrected chi connectivity index (χ1v) is 10.2. The fourth-order valence-corrected chi connectivity index (χ4v) is 2.38. The van der Waals surface area contributed by atoms with E-state index in [1.165, 1.54) is 24.3 Å². The van der Waals surface area contributed by atoms with Crippen LogP contribution in [0.5, 0.6) is 0 Å². The van der Waals surface area contributed by atoms with Gasteiger partial charge in [0, 0.05) is 6.42 Å². The molecule has 0 spiro atoms. The van der Waals surface area contributed by atoms with Crippen LogP contribution in [0.1, 0.15) is 24.5 Å². The van der Waals surface area contributed by atoms with Crippen molar-refractivity contribution in [2.45, 2.75) is 37.0 Å². The second kappa shape index (κ2) is 15.5. The van der Waals surface area contributed by atoms with Crippen LogP contribution in [0.3, 0.4) is 0 Å². The molecular formula is C17H27NO9S2. The van der Waals surface area contributed by atoms with E-state index in [0.29, 0.717) is 6.42 Å². The lowest BCUT2D eigenvalue weighted by Crippen LogP contribution is -1.96. The third kappa shape index (κ3) is 15.3. The van der Waals surface area contributed by atoms with Gasteiger partial charge in [0.25, 0.3) is 20.2 Å². The molecule has 2 aromatic carbocycles. The average molecular weight is 454 g/mol. The molecule has 0 unspecified atom stereocenters. The van der Waals surface area contributed by atoms with Gasteiger partial charge < -0.3 is 16.4 Å². The highest BCUT2D eigenvalue weighted by Gasteiger charge is 2.07. The maximum absolute atomic E-state index is 10.5. The Kier molecular flexibility index (Phi) is 18.3. The van der Waals surface area contributed by atoms with E-state index < -0.39 is 20.2 Å². The number of rotatable bonds is 2. The summed E-state index contributed by atoms with van der Waals surface area (Å²) in [6.45, 7) is 5.50. The topological polar surface area (TPSA) is 227 Å². The first kappa shape index (κ1) is 34.2. The Morgan fingerprint density at radius 1 is 0.724 bits per heavy atom. The molecule has 0 aliphatic heterocycles. The van der Waals surface area contributed by atoms with Gasteiger partial charge in [-0.05, 0) is 38.1 Å². The molecule has 29 heavy (non-hydrogen) atoms. The van der Waals surface area contributed by atoms with Gasteiger partial charge in [-0.25, -0.2) is 0 Å². The molecule has 0 bridgehead atoms. The van der Waals surface area contributed by atoms with Crippen LogP contribution in [0.15, 0.2) is 58.3 Å².